The highest BCUT2D eigenvalue weighted by molar-refractivity contribution is 9.10. The Morgan fingerprint density at radius 3 is 2.76 bits per heavy atom. The normalized spacial score (nSPS) is 9.76. The molecule has 6 heteroatoms. The van der Waals surface area contributed by atoms with E-state index in [1.807, 2.05) is 6.92 Å². The molecule has 0 aliphatic heterocycles. The molecular formula is C11H14BrN3O2. The van der Waals surface area contributed by atoms with E-state index < -0.39 is 0 Å². The van der Waals surface area contributed by atoms with Gasteiger partial charge in [0.1, 0.15) is 10.3 Å². The summed E-state index contributed by atoms with van der Waals surface area (Å²) in [6.45, 7) is 2.54. The lowest BCUT2D eigenvalue weighted by Gasteiger charge is -2.05. The van der Waals surface area contributed by atoms with E-state index in [0.29, 0.717) is 11.1 Å². The molecule has 17 heavy (non-hydrogen) atoms. The number of nitrogens with zero attached hydrogens (tertiary/aromatic N) is 1. The Labute approximate surface area is 108 Å². The maximum Gasteiger partial charge on any atom is 0.270 e. The average Bonchev–Trinajstić information content (AvgIpc) is 2.33. The van der Waals surface area contributed by atoms with Crippen molar-refractivity contribution >= 4 is 27.7 Å². The summed E-state index contributed by atoms with van der Waals surface area (Å²) in [5.74, 6) is -0.562. The van der Waals surface area contributed by atoms with Gasteiger partial charge in [-0.2, -0.15) is 0 Å². The van der Waals surface area contributed by atoms with Crippen LogP contribution in [0.25, 0.3) is 0 Å². The van der Waals surface area contributed by atoms with Gasteiger partial charge in [0.15, 0.2) is 0 Å². The smallest absolute Gasteiger partial charge is 0.270 e. The van der Waals surface area contributed by atoms with Crippen LogP contribution in [0.4, 0.5) is 0 Å². The van der Waals surface area contributed by atoms with Gasteiger partial charge in [-0.3, -0.25) is 9.59 Å². The zero-order valence-electron chi connectivity index (χ0n) is 9.50. The van der Waals surface area contributed by atoms with Crippen molar-refractivity contribution in [2.75, 3.05) is 13.1 Å². The Bertz CT molecular complexity index is 409. The van der Waals surface area contributed by atoms with Gasteiger partial charge < -0.3 is 10.6 Å². The van der Waals surface area contributed by atoms with Crippen LogP contribution in [0.2, 0.25) is 0 Å². The van der Waals surface area contributed by atoms with Gasteiger partial charge in [0.25, 0.3) is 5.91 Å². The van der Waals surface area contributed by atoms with Crippen LogP contribution in [0.3, 0.4) is 0 Å². The number of amides is 2. The molecule has 0 spiro atoms. The molecule has 1 heterocycles. The predicted molar refractivity (Wildman–Crippen MR) is 67.6 cm³/mol. The van der Waals surface area contributed by atoms with Gasteiger partial charge in [-0.1, -0.05) is 13.0 Å². The Morgan fingerprint density at radius 1 is 1.35 bits per heavy atom. The molecule has 0 atom stereocenters. The summed E-state index contributed by atoms with van der Waals surface area (Å²) >= 11 is 3.17. The van der Waals surface area contributed by atoms with Crippen LogP contribution in [0.1, 0.15) is 23.8 Å². The SMILES string of the molecule is CCCNC(=O)CNC(=O)c1cccc(Br)n1. The highest BCUT2D eigenvalue weighted by Gasteiger charge is 2.08. The molecule has 0 unspecified atom stereocenters. The summed E-state index contributed by atoms with van der Waals surface area (Å²) < 4.78 is 0.584. The third-order valence-electron chi connectivity index (χ3n) is 1.93. The summed E-state index contributed by atoms with van der Waals surface area (Å²) in [6, 6.07) is 5.03. The molecule has 0 fully saturated rings. The number of aromatic nitrogens is 1. The number of pyridine rings is 1. The Morgan fingerprint density at radius 2 is 2.12 bits per heavy atom. The zero-order valence-corrected chi connectivity index (χ0v) is 11.1. The number of carbonyl (C=O) groups is 2. The van der Waals surface area contributed by atoms with Crippen LogP contribution < -0.4 is 10.6 Å². The zero-order chi connectivity index (χ0) is 12.7. The molecule has 0 radical (unpaired) electrons. The number of rotatable bonds is 5. The second-order valence-corrected chi connectivity index (χ2v) is 4.19. The second kappa shape index (κ2) is 7.01. The molecule has 0 aromatic carbocycles. The number of nitrogens with one attached hydrogen (secondary N) is 2. The van der Waals surface area contributed by atoms with Crippen molar-refractivity contribution in [1.29, 1.82) is 0 Å². The maximum absolute atomic E-state index is 11.6. The van der Waals surface area contributed by atoms with E-state index in [4.69, 9.17) is 0 Å². The second-order valence-electron chi connectivity index (χ2n) is 3.38. The minimum absolute atomic E-state index is 0.0347. The van der Waals surface area contributed by atoms with Gasteiger partial charge >= 0.3 is 0 Å². The van der Waals surface area contributed by atoms with Gasteiger partial charge in [-0.05, 0) is 34.5 Å². The van der Waals surface area contributed by atoms with Gasteiger partial charge in [0, 0.05) is 6.54 Å². The first-order valence-corrected chi connectivity index (χ1v) is 6.10. The van der Waals surface area contributed by atoms with Crippen LogP contribution >= 0.6 is 15.9 Å². The third-order valence-corrected chi connectivity index (χ3v) is 2.37. The van der Waals surface area contributed by atoms with E-state index >= 15 is 0 Å². The topological polar surface area (TPSA) is 71.1 Å². The van der Waals surface area contributed by atoms with E-state index in [1.54, 1.807) is 18.2 Å². The minimum Gasteiger partial charge on any atom is -0.355 e. The third kappa shape index (κ3) is 4.95. The molecule has 92 valence electrons. The molecule has 1 aromatic rings. The van der Waals surface area contributed by atoms with Crippen molar-refractivity contribution in [3.8, 4) is 0 Å². The predicted octanol–water partition coefficient (Wildman–Crippen LogP) is 1.10. The number of carbonyl (C=O) groups excluding carboxylic acids is 2. The van der Waals surface area contributed by atoms with Gasteiger partial charge in [-0.15, -0.1) is 0 Å². The molecule has 2 amide bonds. The molecule has 1 aromatic heterocycles. The van der Waals surface area contributed by atoms with Gasteiger partial charge in [0.05, 0.1) is 6.54 Å². The fourth-order valence-electron chi connectivity index (χ4n) is 1.11. The number of halogens is 1. The Kier molecular flexibility index (Phi) is 5.62. The summed E-state index contributed by atoms with van der Waals surface area (Å²) in [4.78, 5) is 26.8. The lowest BCUT2D eigenvalue weighted by molar-refractivity contribution is -0.120. The molecule has 0 aliphatic carbocycles. The molecule has 1 rings (SSSR count). The molecule has 0 bridgehead atoms. The number of hydrogen-bond donors (Lipinski definition) is 2. The van der Waals surface area contributed by atoms with E-state index in [9.17, 15) is 9.59 Å². The standard InChI is InChI=1S/C11H14BrN3O2/c1-2-6-13-10(16)7-14-11(17)8-4-3-5-9(12)15-8/h3-5H,2,6-7H2,1H3,(H,13,16)(H,14,17). The van der Waals surface area contributed by atoms with Crippen molar-refractivity contribution in [1.82, 2.24) is 15.6 Å². The maximum atomic E-state index is 11.6. The fraction of sp³-hybridized carbons (Fsp3) is 0.364. The Balaban J connectivity index is 2.42. The number of hydrogen-bond acceptors (Lipinski definition) is 3. The van der Waals surface area contributed by atoms with Gasteiger partial charge in [-0.25, -0.2) is 4.98 Å². The van der Waals surface area contributed by atoms with Crippen molar-refractivity contribution < 1.29 is 9.59 Å². The van der Waals surface area contributed by atoms with Crippen LogP contribution in [-0.4, -0.2) is 29.9 Å². The quantitative estimate of drug-likeness (QED) is 0.800. The summed E-state index contributed by atoms with van der Waals surface area (Å²) in [5, 5.41) is 5.17. The van der Waals surface area contributed by atoms with Crippen LogP contribution in [0.5, 0.6) is 0 Å². The highest BCUT2D eigenvalue weighted by Crippen LogP contribution is 2.05. The fourth-order valence-corrected chi connectivity index (χ4v) is 1.46. The largest absolute Gasteiger partial charge is 0.355 e. The van der Waals surface area contributed by atoms with Crippen molar-refractivity contribution in [2.45, 2.75) is 13.3 Å². The summed E-state index contributed by atoms with van der Waals surface area (Å²) in [6.07, 6.45) is 0.868. The van der Waals surface area contributed by atoms with Crippen LogP contribution in [0.15, 0.2) is 22.8 Å². The first-order chi connectivity index (χ1) is 8.13. The van der Waals surface area contributed by atoms with Crippen LogP contribution in [-0.2, 0) is 4.79 Å². The monoisotopic (exact) mass is 299 g/mol. The first-order valence-electron chi connectivity index (χ1n) is 5.31. The molecule has 5 nitrogen and oxygen atoms in total. The first kappa shape index (κ1) is 13.6. The van der Waals surface area contributed by atoms with Gasteiger partial charge in [0.2, 0.25) is 5.91 Å². The lowest BCUT2D eigenvalue weighted by atomic mass is 10.3. The summed E-state index contributed by atoms with van der Waals surface area (Å²) in [7, 11) is 0. The summed E-state index contributed by atoms with van der Waals surface area (Å²) in [5.41, 5.74) is 0.280. The highest BCUT2D eigenvalue weighted by atomic mass is 79.9. The van der Waals surface area contributed by atoms with E-state index in [0.717, 1.165) is 6.42 Å². The molecule has 0 saturated carbocycles. The van der Waals surface area contributed by atoms with Crippen molar-refractivity contribution in [3.05, 3.63) is 28.5 Å². The lowest BCUT2D eigenvalue weighted by Crippen LogP contribution is -2.37. The minimum atomic E-state index is -0.363. The van der Waals surface area contributed by atoms with Crippen LogP contribution in [0, 0.1) is 0 Å². The Hall–Kier alpha value is -1.43. The molecular weight excluding hydrogens is 286 g/mol. The van der Waals surface area contributed by atoms with Crippen molar-refractivity contribution in [3.63, 3.8) is 0 Å². The van der Waals surface area contributed by atoms with E-state index in [-0.39, 0.29) is 24.1 Å². The molecule has 0 aliphatic rings. The molecule has 2 N–H and O–H groups in total. The van der Waals surface area contributed by atoms with Crippen molar-refractivity contribution in [2.24, 2.45) is 0 Å². The van der Waals surface area contributed by atoms with E-state index in [2.05, 4.69) is 31.5 Å². The molecule has 0 saturated heterocycles. The van der Waals surface area contributed by atoms with E-state index in [1.165, 1.54) is 0 Å². The average molecular weight is 300 g/mol.